The van der Waals surface area contributed by atoms with E-state index in [4.69, 9.17) is 10.5 Å². The fourth-order valence-corrected chi connectivity index (χ4v) is 2.02. The Bertz CT molecular complexity index is 709. The summed E-state index contributed by atoms with van der Waals surface area (Å²) in [6, 6.07) is 17.5. The normalized spacial score (nSPS) is 10.5. The molecule has 0 unspecified atom stereocenters. The summed E-state index contributed by atoms with van der Waals surface area (Å²) in [6.07, 6.45) is 1.88. The molecule has 0 aliphatic rings. The van der Waals surface area contributed by atoms with Gasteiger partial charge in [0.15, 0.2) is 0 Å². The van der Waals surface area contributed by atoms with Crippen molar-refractivity contribution in [3.05, 3.63) is 60.8 Å². The molecule has 0 bridgehead atoms. The molecule has 0 saturated carbocycles. The fourth-order valence-electron chi connectivity index (χ4n) is 2.02. The SMILES string of the molecule is NCCn1cc(-c2cccc(Oc3ccccc3)c2)nn1. The van der Waals surface area contributed by atoms with Gasteiger partial charge in [0.2, 0.25) is 0 Å². The van der Waals surface area contributed by atoms with Gasteiger partial charge < -0.3 is 10.5 Å². The van der Waals surface area contributed by atoms with Crippen molar-refractivity contribution in [1.29, 1.82) is 0 Å². The van der Waals surface area contributed by atoms with Crippen molar-refractivity contribution in [1.82, 2.24) is 15.0 Å². The quantitative estimate of drug-likeness (QED) is 0.780. The molecule has 106 valence electrons. The van der Waals surface area contributed by atoms with Crippen LogP contribution >= 0.6 is 0 Å². The number of rotatable bonds is 5. The fraction of sp³-hybridized carbons (Fsp3) is 0.125. The van der Waals surface area contributed by atoms with E-state index in [1.165, 1.54) is 0 Å². The monoisotopic (exact) mass is 280 g/mol. The number of hydrogen-bond donors (Lipinski definition) is 1. The van der Waals surface area contributed by atoms with E-state index in [1.807, 2.05) is 60.8 Å². The molecule has 3 aromatic rings. The lowest BCUT2D eigenvalue weighted by molar-refractivity contribution is 0.483. The highest BCUT2D eigenvalue weighted by Gasteiger charge is 2.05. The number of aromatic nitrogens is 3. The molecule has 2 aromatic carbocycles. The molecule has 0 radical (unpaired) electrons. The standard InChI is InChI=1S/C16H16N4O/c17-9-10-20-12-16(18-19-20)13-5-4-8-15(11-13)21-14-6-2-1-3-7-14/h1-8,11-12H,9-10,17H2. The van der Waals surface area contributed by atoms with Crippen molar-refractivity contribution in [2.45, 2.75) is 6.54 Å². The molecule has 0 aliphatic heterocycles. The number of nitrogens with zero attached hydrogens (tertiary/aromatic N) is 3. The highest BCUT2D eigenvalue weighted by atomic mass is 16.5. The largest absolute Gasteiger partial charge is 0.457 e. The van der Waals surface area contributed by atoms with Crippen LogP contribution in [0.15, 0.2) is 60.8 Å². The van der Waals surface area contributed by atoms with Gasteiger partial charge in [-0.05, 0) is 24.3 Å². The van der Waals surface area contributed by atoms with Gasteiger partial charge in [-0.3, -0.25) is 4.68 Å². The topological polar surface area (TPSA) is 66.0 Å². The molecule has 21 heavy (non-hydrogen) atoms. The summed E-state index contributed by atoms with van der Waals surface area (Å²) in [6.45, 7) is 1.20. The minimum absolute atomic E-state index is 0.542. The number of para-hydroxylation sites is 1. The van der Waals surface area contributed by atoms with Gasteiger partial charge in [0, 0.05) is 12.1 Å². The van der Waals surface area contributed by atoms with Crippen LogP contribution in [0.5, 0.6) is 11.5 Å². The summed E-state index contributed by atoms with van der Waals surface area (Å²) < 4.78 is 7.56. The molecule has 1 heterocycles. The van der Waals surface area contributed by atoms with Gasteiger partial charge in [0.1, 0.15) is 17.2 Å². The summed E-state index contributed by atoms with van der Waals surface area (Å²) >= 11 is 0. The number of hydrogen-bond acceptors (Lipinski definition) is 4. The molecular formula is C16H16N4O. The summed E-state index contributed by atoms with van der Waals surface area (Å²) in [5.74, 6) is 1.58. The predicted octanol–water partition coefficient (Wildman–Crippen LogP) is 2.70. The van der Waals surface area contributed by atoms with E-state index in [0.29, 0.717) is 13.1 Å². The van der Waals surface area contributed by atoms with Crippen LogP contribution in [-0.2, 0) is 6.54 Å². The Labute approximate surface area is 123 Å². The van der Waals surface area contributed by atoms with Crippen LogP contribution in [0.25, 0.3) is 11.3 Å². The molecule has 0 spiro atoms. The maximum absolute atomic E-state index is 5.82. The lowest BCUT2D eigenvalue weighted by Gasteiger charge is -2.06. The van der Waals surface area contributed by atoms with Crippen molar-refractivity contribution in [2.24, 2.45) is 5.73 Å². The predicted molar refractivity (Wildman–Crippen MR) is 81.0 cm³/mol. The van der Waals surface area contributed by atoms with E-state index in [0.717, 1.165) is 22.8 Å². The molecular weight excluding hydrogens is 264 g/mol. The van der Waals surface area contributed by atoms with Gasteiger partial charge in [-0.25, -0.2) is 0 Å². The first-order chi connectivity index (χ1) is 10.3. The molecule has 2 N–H and O–H groups in total. The zero-order valence-corrected chi connectivity index (χ0v) is 11.5. The number of benzene rings is 2. The summed E-state index contributed by atoms with van der Waals surface area (Å²) in [5, 5.41) is 8.20. The summed E-state index contributed by atoms with van der Waals surface area (Å²) in [5.41, 5.74) is 7.28. The molecule has 1 aromatic heterocycles. The van der Waals surface area contributed by atoms with Crippen molar-refractivity contribution in [2.75, 3.05) is 6.54 Å². The Hall–Kier alpha value is -2.66. The van der Waals surface area contributed by atoms with E-state index in [1.54, 1.807) is 4.68 Å². The van der Waals surface area contributed by atoms with Crippen LogP contribution in [-0.4, -0.2) is 21.5 Å². The number of nitrogens with two attached hydrogens (primary N) is 1. The van der Waals surface area contributed by atoms with Gasteiger partial charge >= 0.3 is 0 Å². The first kappa shape index (κ1) is 13.3. The highest BCUT2D eigenvalue weighted by Crippen LogP contribution is 2.25. The van der Waals surface area contributed by atoms with Crippen LogP contribution in [0.4, 0.5) is 0 Å². The molecule has 5 nitrogen and oxygen atoms in total. The molecule has 3 rings (SSSR count). The van der Waals surface area contributed by atoms with Gasteiger partial charge in [0.25, 0.3) is 0 Å². The Balaban J connectivity index is 1.82. The van der Waals surface area contributed by atoms with Crippen LogP contribution in [0, 0.1) is 0 Å². The first-order valence-electron chi connectivity index (χ1n) is 6.79. The third kappa shape index (κ3) is 3.27. The van der Waals surface area contributed by atoms with E-state index in [9.17, 15) is 0 Å². The average molecular weight is 280 g/mol. The van der Waals surface area contributed by atoms with Crippen molar-refractivity contribution >= 4 is 0 Å². The maximum atomic E-state index is 5.82. The van der Waals surface area contributed by atoms with Gasteiger partial charge in [-0.1, -0.05) is 35.5 Å². The lowest BCUT2D eigenvalue weighted by Crippen LogP contribution is -2.10. The second kappa shape index (κ2) is 6.19. The molecule has 0 saturated heterocycles. The molecule has 5 heteroatoms. The van der Waals surface area contributed by atoms with Gasteiger partial charge in [0.05, 0.1) is 12.7 Å². The minimum atomic E-state index is 0.542. The molecule has 0 fully saturated rings. The average Bonchev–Trinajstić information content (AvgIpc) is 2.98. The lowest BCUT2D eigenvalue weighted by atomic mass is 10.1. The van der Waals surface area contributed by atoms with Crippen LogP contribution in [0.2, 0.25) is 0 Å². The molecule has 0 aliphatic carbocycles. The van der Waals surface area contributed by atoms with Crippen molar-refractivity contribution in [3.63, 3.8) is 0 Å². The zero-order chi connectivity index (χ0) is 14.5. The maximum Gasteiger partial charge on any atom is 0.128 e. The van der Waals surface area contributed by atoms with Gasteiger partial charge in [-0.15, -0.1) is 5.10 Å². The number of ether oxygens (including phenoxy) is 1. The van der Waals surface area contributed by atoms with E-state index < -0.39 is 0 Å². The second-order valence-electron chi connectivity index (χ2n) is 4.60. The third-order valence-corrected chi connectivity index (χ3v) is 3.01. The highest BCUT2D eigenvalue weighted by molar-refractivity contribution is 5.60. The van der Waals surface area contributed by atoms with Crippen LogP contribution in [0.1, 0.15) is 0 Å². The van der Waals surface area contributed by atoms with Crippen molar-refractivity contribution in [3.8, 4) is 22.8 Å². The smallest absolute Gasteiger partial charge is 0.128 e. The van der Waals surface area contributed by atoms with E-state index in [-0.39, 0.29) is 0 Å². The van der Waals surface area contributed by atoms with Crippen LogP contribution in [0.3, 0.4) is 0 Å². The molecule has 0 atom stereocenters. The molecule has 0 amide bonds. The summed E-state index contributed by atoms with van der Waals surface area (Å²) in [7, 11) is 0. The Morgan fingerprint density at radius 3 is 2.62 bits per heavy atom. The zero-order valence-electron chi connectivity index (χ0n) is 11.5. The second-order valence-corrected chi connectivity index (χ2v) is 4.60. The Morgan fingerprint density at radius 1 is 1.00 bits per heavy atom. The first-order valence-corrected chi connectivity index (χ1v) is 6.79. The van der Waals surface area contributed by atoms with E-state index >= 15 is 0 Å². The Kier molecular flexibility index (Phi) is 3.93. The third-order valence-electron chi connectivity index (χ3n) is 3.01. The van der Waals surface area contributed by atoms with E-state index in [2.05, 4.69) is 10.3 Å². The van der Waals surface area contributed by atoms with Crippen molar-refractivity contribution < 1.29 is 4.74 Å². The van der Waals surface area contributed by atoms with Crippen LogP contribution < -0.4 is 10.5 Å². The van der Waals surface area contributed by atoms with Gasteiger partial charge in [-0.2, -0.15) is 0 Å². The minimum Gasteiger partial charge on any atom is -0.457 e. The summed E-state index contributed by atoms with van der Waals surface area (Å²) in [4.78, 5) is 0. The Morgan fingerprint density at radius 2 is 1.81 bits per heavy atom.